The van der Waals surface area contributed by atoms with Crippen LogP contribution in [0.4, 0.5) is 10.2 Å². The van der Waals surface area contributed by atoms with Crippen LogP contribution in [0, 0.1) is 5.92 Å². The second-order valence-corrected chi connectivity index (χ2v) is 10.9. The van der Waals surface area contributed by atoms with E-state index in [0.717, 1.165) is 0 Å². The smallest absolute Gasteiger partial charge is 0.459 e. The van der Waals surface area contributed by atoms with Crippen LogP contribution in [0.3, 0.4) is 0 Å². The summed E-state index contributed by atoms with van der Waals surface area (Å²) in [7, 11) is -4.23. The zero-order valence-electron chi connectivity index (χ0n) is 21.1. The van der Waals surface area contributed by atoms with Crippen LogP contribution in [-0.2, 0) is 18.6 Å². The Kier molecular flexibility index (Phi) is 8.12. The zero-order valence-corrected chi connectivity index (χ0v) is 22.0. The maximum Gasteiger partial charge on any atom is 0.459 e. The summed E-state index contributed by atoms with van der Waals surface area (Å²) in [6.07, 6.45) is -1.16. The number of anilines is 1. The van der Waals surface area contributed by atoms with Crippen molar-refractivity contribution in [3.8, 4) is 5.75 Å². The largest absolute Gasteiger partial charge is 0.462 e. The Morgan fingerprint density at radius 2 is 1.97 bits per heavy atom. The van der Waals surface area contributed by atoms with Crippen molar-refractivity contribution in [1.29, 1.82) is 0 Å². The average molecular weight is 549 g/mol. The average Bonchev–Trinajstić information content (AvgIpc) is 3.37. The van der Waals surface area contributed by atoms with Crippen LogP contribution < -0.4 is 15.3 Å². The molecule has 0 radical (unpaired) electrons. The monoisotopic (exact) mass is 548 g/mol. The summed E-state index contributed by atoms with van der Waals surface area (Å²) in [6, 6.07) is 6.10. The van der Waals surface area contributed by atoms with Gasteiger partial charge in [0.15, 0.2) is 17.6 Å². The molecule has 1 saturated carbocycles. The Bertz CT molecular complexity index is 1350. The first kappa shape index (κ1) is 27.6. The molecule has 0 aliphatic heterocycles. The van der Waals surface area contributed by atoms with Crippen molar-refractivity contribution in [3.63, 3.8) is 0 Å². The maximum atomic E-state index is 15.4. The van der Waals surface area contributed by atoms with E-state index in [1.165, 1.54) is 24.1 Å². The number of ether oxygens (including phenoxy) is 1. The van der Waals surface area contributed by atoms with E-state index >= 15 is 4.39 Å². The van der Waals surface area contributed by atoms with Crippen LogP contribution in [0.1, 0.15) is 26.8 Å². The fourth-order valence-corrected chi connectivity index (χ4v) is 5.69. The van der Waals surface area contributed by atoms with E-state index < -0.39 is 56.7 Å². The van der Waals surface area contributed by atoms with Crippen LogP contribution in [0.2, 0.25) is 0 Å². The molecule has 0 unspecified atom stereocenters. The Hall–Kier alpha value is -3.38. The van der Waals surface area contributed by atoms with Gasteiger partial charge >= 0.3 is 13.7 Å². The Labute approximate surface area is 218 Å². The third kappa shape index (κ3) is 5.70. The van der Waals surface area contributed by atoms with Gasteiger partial charge in [0.05, 0.1) is 31.2 Å². The molecule has 2 aromatic heterocycles. The van der Waals surface area contributed by atoms with Gasteiger partial charge in [-0.2, -0.15) is 5.09 Å². The number of nitrogens with two attached hydrogens (primary N) is 1. The van der Waals surface area contributed by atoms with Crippen molar-refractivity contribution in [1.82, 2.24) is 24.6 Å². The predicted octanol–water partition coefficient (Wildman–Crippen LogP) is 2.97. The van der Waals surface area contributed by atoms with Gasteiger partial charge in [0.1, 0.15) is 23.6 Å². The van der Waals surface area contributed by atoms with Crippen molar-refractivity contribution < 1.29 is 32.6 Å². The summed E-state index contributed by atoms with van der Waals surface area (Å²) in [6.45, 7) is 8.37. The van der Waals surface area contributed by atoms with Crippen LogP contribution >= 0.6 is 7.75 Å². The number of imidazole rings is 1. The number of aliphatic hydroxyl groups is 1. The number of aromatic nitrogens is 4. The number of esters is 1. The van der Waals surface area contributed by atoms with E-state index in [4.69, 9.17) is 19.5 Å². The van der Waals surface area contributed by atoms with Crippen molar-refractivity contribution in [2.45, 2.75) is 51.2 Å². The topological polar surface area (TPSA) is 164 Å². The number of hydrogen-bond donors (Lipinski definition) is 3. The molecule has 0 spiro atoms. The number of carbonyl (C=O) groups is 1. The van der Waals surface area contributed by atoms with Crippen molar-refractivity contribution in [3.05, 3.63) is 55.1 Å². The molecule has 1 aliphatic carbocycles. The number of aliphatic hydroxyl groups excluding tert-OH is 1. The van der Waals surface area contributed by atoms with Gasteiger partial charge in [-0.1, -0.05) is 24.8 Å². The lowest BCUT2D eigenvalue weighted by atomic mass is 10.0. The van der Waals surface area contributed by atoms with Crippen LogP contribution in [0.15, 0.2) is 55.1 Å². The fourth-order valence-electron chi connectivity index (χ4n) is 4.18. The van der Waals surface area contributed by atoms with Gasteiger partial charge in [0, 0.05) is 5.92 Å². The Morgan fingerprint density at radius 3 is 2.66 bits per heavy atom. The predicted molar refractivity (Wildman–Crippen MR) is 137 cm³/mol. The molecule has 2 heterocycles. The molecule has 1 aromatic carbocycles. The quantitative estimate of drug-likeness (QED) is 0.194. The summed E-state index contributed by atoms with van der Waals surface area (Å²) in [5, 5.41) is 13.3. The highest BCUT2D eigenvalue weighted by molar-refractivity contribution is 7.52. The van der Waals surface area contributed by atoms with Crippen LogP contribution in [0.5, 0.6) is 5.75 Å². The van der Waals surface area contributed by atoms with Gasteiger partial charge in [0.25, 0.3) is 0 Å². The maximum absolute atomic E-state index is 15.4. The molecule has 12 nitrogen and oxygen atoms in total. The van der Waals surface area contributed by atoms with Gasteiger partial charge in [-0.15, -0.1) is 0 Å². The second-order valence-electron chi connectivity index (χ2n) is 9.18. The minimum absolute atomic E-state index is 0.128. The number of carbonyl (C=O) groups excluding carboxylic acids is 1. The third-order valence-electron chi connectivity index (χ3n) is 6.03. The number of rotatable bonds is 10. The van der Waals surface area contributed by atoms with Gasteiger partial charge in [-0.05, 0) is 38.5 Å². The number of hydrogen-bond acceptors (Lipinski definition) is 10. The van der Waals surface area contributed by atoms with Crippen molar-refractivity contribution in [2.24, 2.45) is 5.92 Å². The summed E-state index contributed by atoms with van der Waals surface area (Å²) in [5.41, 5.74) is 6.67. The van der Waals surface area contributed by atoms with Crippen LogP contribution in [0.25, 0.3) is 11.2 Å². The van der Waals surface area contributed by atoms with E-state index in [1.54, 1.807) is 44.2 Å². The summed E-state index contributed by atoms with van der Waals surface area (Å²) in [5.74, 6) is -1.30. The highest BCUT2D eigenvalue weighted by Crippen LogP contribution is 2.49. The molecule has 38 heavy (non-hydrogen) atoms. The lowest BCUT2D eigenvalue weighted by Gasteiger charge is -2.25. The highest BCUT2D eigenvalue weighted by atomic mass is 31.2. The van der Waals surface area contributed by atoms with Gasteiger partial charge in [-0.3, -0.25) is 9.32 Å². The molecule has 14 heteroatoms. The molecule has 4 N–H and O–H groups in total. The van der Waals surface area contributed by atoms with E-state index in [2.05, 4.69) is 26.6 Å². The molecular formula is C24H30FN6O6P. The van der Waals surface area contributed by atoms with Gasteiger partial charge in [-0.25, -0.2) is 23.9 Å². The van der Waals surface area contributed by atoms with Crippen molar-refractivity contribution >= 4 is 30.7 Å². The highest BCUT2D eigenvalue weighted by Gasteiger charge is 2.48. The molecule has 4 rings (SSSR count). The number of halogens is 1. The molecule has 1 fully saturated rings. The second kappa shape index (κ2) is 11.2. The zero-order chi connectivity index (χ0) is 27.6. The molecule has 1 aliphatic rings. The van der Waals surface area contributed by atoms with Gasteiger partial charge < -0.3 is 24.7 Å². The van der Waals surface area contributed by atoms with E-state index in [1.807, 2.05) is 0 Å². The fraction of sp³-hybridized carbons (Fsp3) is 0.417. The van der Waals surface area contributed by atoms with Crippen molar-refractivity contribution in [2.75, 3.05) is 12.3 Å². The standard InChI is InChI=1S/C24H30FN6O6P/c1-13(2)36-24(33)15(4)30-38(34,37-16-8-6-5-7-9-16)35-10-17-14(3)20(18(25)21(17)32)31-12-29-19-22(26)27-11-28-23(19)31/h5-9,11-13,15,17-18,20-21,32H,3,10H2,1-2,4H3,(H,30,34)(H2,26,27,28)/t15-,17-,18+,20+,21+,38-/m0/s1. The van der Waals surface area contributed by atoms with E-state index in [9.17, 15) is 14.5 Å². The third-order valence-corrected chi connectivity index (χ3v) is 7.68. The number of fused-ring (bicyclic) bond motifs is 1. The van der Waals surface area contributed by atoms with Crippen LogP contribution in [-0.4, -0.2) is 61.6 Å². The first-order valence-electron chi connectivity index (χ1n) is 11.9. The lowest BCUT2D eigenvalue weighted by molar-refractivity contribution is -0.149. The van der Waals surface area contributed by atoms with E-state index in [0.29, 0.717) is 0 Å². The summed E-state index contributed by atoms with van der Waals surface area (Å²) >= 11 is 0. The minimum atomic E-state index is -4.23. The number of nitrogen functional groups attached to an aromatic ring is 1. The Balaban J connectivity index is 1.55. The van der Waals surface area contributed by atoms with Gasteiger partial charge in [0.2, 0.25) is 0 Å². The Morgan fingerprint density at radius 1 is 1.26 bits per heavy atom. The summed E-state index contributed by atoms with van der Waals surface area (Å²) < 4.78 is 47.0. The molecule has 204 valence electrons. The first-order valence-corrected chi connectivity index (χ1v) is 13.5. The molecule has 6 atom stereocenters. The summed E-state index contributed by atoms with van der Waals surface area (Å²) in [4.78, 5) is 24.5. The minimum Gasteiger partial charge on any atom is -0.462 e. The number of para-hydroxylation sites is 1. The first-order chi connectivity index (χ1) is 18.0. The normalized spacial score (nSPS) is 23.9. The SMILES string of the molecule is C=C1[C@@H](n2cnc3c(N)ncnc32)[C@@H](F)[C@H](O)[C@H]1CO[P@@](=O)(N[C@@H](C)C(=O)OC(C)C)Oc1ccccc1. The number of nitrogens with zero attached hydrogens (tertiary/aromatic N) is 4. The number of alkyl halides is 1. The molecule has 0 amide bonds. The lowest BCUT2D eigenvalue weighted by Crippen LogP contribution is -2.37. The molecule has 3 aromatic rings. The van der Waals surface area contributed by atoms with E-state index in [-0.39, 0.29) is 28.3 Å². The number of benzene rings is 1. The molecular weight excluding hydrogens is 518 g/mol. The molecule has 0 bridgehead atoms. The molecule has 0 saturated heterocycles. The number of nitrogens with one attached hydrogen (secondary N) is 1.